The molecule has 1 atom stereocenters. The van der Waals surface area contributed by atoms with E-state index in [-0.39, 0.29) is 5.91 Å². The fourth-order valence-electron chi connectivity index (χ4n) is 3.68. The average molecular weight is 424 g/mol. The summed E-state index contributed by atoms with van der Waals surface area (Å²) in [6, 6.07) is 15.7. The van der Waals surface area contributed by atoms with Crippen LogP contribution in [0.25, 0.3) is 0 Å². The molecule has 0 aromatic heterocycles. The van der Waals surface area contributed by atoms with Crippen molar-refractivity contribution in [1.29, 1.82) is 0 Å². The van der Waals surface area contributed by atoms with Crippen molar-refractivity contribution < 1.29 is 14.3 Å². The lowest BCUT2D eigenvalue weighted by atomic mass is 10.1. The van der Waals surface area contributed by atoms with Crippen LogP contribution in [0.1, 0.15) is 51.2 Å². The lowest BCUT2D eigenvalue weighted by Gasteiger charge is -2.26. The normalized spacial score (nSPS) is 17.1. The fourth-order valence-corrected chi connectivity index (χ4v) is 3.68. The lowest BCUT2D eigenvalue weighted by molar-refractivity contribution is -0.133. The highest BCUT2D eigenvalue weighted by molar-refractivity contribution is 5.86. The molecule has 2 N–H and O–H groups in total. The smallest absolute Gasteiger partial charge is 0.408 e. The number of amides is 2. The standard InChI is InChI=1S/C25H33N3O3/c1-18-10-5-6-13-21(18)26-20-12-9-11-19(16-20)17-28-15-8-7-14-22(23(28)29)27-24(30)31-25(2,3)4/h5-6,9-13,16,22,26H,7-8,14-15,17H2,1-4H3,(H,27,30)/t22-/m0/s1. The first kappa shape index (κ1) is 22.7. The molecule has 1 saturated heterocycles. The van der Waals surface area contributed by atoms with Crippen molar-refractivity contribution in [3.8, 4) is 0 Å². The molecule has 1 heterocycles. The Balaban J connectivity index is 1.67. The monoisotopic (exact) mass is 423 g/mol. The zero-order valence-electron chi connectivity index (χ0n) is 18.9. The number of rotatable bonds is 5. The van der Waals surface area contributed by atoms with Gasteiger partial charge in [-0.15, -0.1) is 0 Å². The average Bonchev–Trinajstić information content (AvgIpc) is 2.85. The predicted octanol–water partition coefficient (Wildman–Crippen LogP) is 5.14. The van der Waals surface area contributed by atoms with Gasteiger partial charge in [-0.2, -0.15) is 0 Å². The number of anilines is 2. The maximum absolute atomic E-state index is 13.1. The second-order valence-corrected chi connectivity index (χ2v) is 9.09. The van der Waals surface area contributed by atoms with Crippen molar-refractivity contribution >= 4 is 23.4 Å². The van der Waals surface area contributed by atoms with Gasteiger partial charge in [-0.3, -0.25) is 4.79 Å². The van der Waals surface area contributed by atoms with Gasteiger partial charge in [-0.25, -0.2) is 4.79 Å². The molecular formula is C25H33N3O3. The Labute approximate surface area is 185 Å². The van der Waals surface area contributed by atoms with E-state index >= 15 is 0 Å². The second-order valence-electron chi connectivity index (χ2n) is 9.09. The Hall–Kier alpha value is -3.02. The molecule has 2 amide bonds. The third-order valence-electron chi connectivity index (χ3n) is 5.20. The van der Waals surface area contributed by atoms with Gasteiger partial charge in [0.1, 0.15) is 11.6 Å². The quantitative estimate of drug-likeness (QED) is 0.698. The van der Waals surface area contributed by atoms with E-state index in [4.69, 9.17) is 4.74 Å². The van der Waals surface area contributed by atoms with Gasteiger partial charge < -0.3 is 20.3 Å². The largest absolute Gasteiger partial charge is 0.444 e. The highest BCUT2D eigenvalue weighted by atomic mass is 16.6. The minimum absolute atomic E-state index is 0.0550. The minimum Gasteiger partial charge on any atom is -0.444 e. The number of carbonyl (C=O) groups excluding carboxylic acids is 2. The van der Waals surface area contributed by atoms with Crippen LogP contribution >= 0.6 is 0 Å². The second kappa shape index (κ2) is 9.86. The van der Waals surface area contributed by atoms with Gasteiger partial charge in [0.2, 0.25) is 5.91 Å². The van der Waals surface area contributed by atoms with E-state index in [1.807, 2.05) is 62.1 Å². The molecule has 6 nitrogen and oxygen atoms in total. The van der Waals surface area contributed by atoms with E-state index in [1.165, 1.54) is 5.56 Å². The molecule has 0 unspecified atom stereocenters. The Morgan fingerprint density at radius 2 is 1.90 bits per heavy atom. The molecule has 1 aliphatic heterocycles. The summed E-state index contributed by atoms with van der Waals surface area (Å²) in [5.74, 6) is -0.0550. The van der Waals surface area contributed by atoms with Crippen LogP contribution in [0.15, 0.2) is 48.5 Å². The molecule has 0 spiro atoms. The zero-order chi connectivity index (χ0) is 22.4. The minimum atomic E-state index is -0.595. The van der Waals surface area contributed by atoms with Crippen molar-refractivity contribution in [3.05, 3.63) is 59.7 Å². The number of hydrogen-bond acceptors (Lipinski definition) is 4. The number of likely N-dealkylation sites (tertiary alicyclic amines) is 1. The maximum Gasteiger partial charge on any atom is 0.408 e. The third kappa shape index (κ3) is 6.74. The predicted molar refractivity (Wildman–Crippen MR) is 123 cm³/mol. The molecule has 3 rings (SSSR count). The van der Waals surface area contributed by atoms with Crippen molar-refractivity contribution in [1.82, 2.24) is 10.2 Å². The number of carbonyl (C=O) groups is 2. The van der Waals surface area contributed by atoms with Crippen LogP contribution in [0.4, 0.5) is 16.2 Å². The molecular weight excluding hydrogens is 390 g/mol. The number of aryl methyl sites for hydroxylation is 1. The van der Waals surface area contributed by atoms with Gasteiger partial charge in [-0.05, 0) is 76.3 Å². The van der Waals surface area contributed by atoms with Crippen LogP contribution in [0, 0.1) is 6.92 Å². The number of nitrogens with one attached hydrogen (secondary N) is 2. The number of alkyl carbamates (subject to hydrolysis) is 1. The Bertz CT molecular complexity index is 920. The zero-order valence-corrected chi connectivity index (χ0v) is 18.9. The molecule has 166 valence electrons. The highest BCUT2D eigenvalue weighted by Crippen LogP contribution is 2.22. The van der Waals surface area contributed by atoms with Crippen LogP contribution in [0.2, 0.25) is 0 Å². The maximum atomic E-state index is 13.1. The molecule has 2 aromatic rings. The van der Waals surface area contributed by atoms with Crippen LogP contribution in [-0.2, 0) is 16.1 Å². The molecule has 31 heavy (non-hydrogen) atoms. The third-order valence-corrected chi connectivity index (χ3v) is 5.20. The van der Waals surface area contributed by atoms with Crippen LogP contribution in [0.5, 0.6) is 0 Å². The van der Waals surface area contributed by atoms with Gasteiger partial charge in [0, 0.05) is 24.5 Å². The van der Waals surface area contributed by atoms with E-state index in [0.717, 1.165) is 29.8 Å². The number of para-hydroxylation sites is 1. The van der Waals surface area contributed by atoms with Crippen molar-refractivity contribution in [2.45, 2.75) is 65.1 Å². The topological polar surface area (TPSA) is 70.7 Å². The Morgan fingerprint density at radius 3 is 2.65 bits per heavy atom. The molecule has 1 fully saturated rings. The van der Waals surface area contributed by atoms with E-state index in [2.05, 4.69) is 29.7 Å². The van der Waals surface area contributed by atoms with Crippen molar-refractivity contribution in [3.63, 3.8) is 0 Å². The lowest BCUT2D eigenvalue weighted by Crippen LogP contribution is -2.48. The summed E-state index contributed by atoms with van der Waals surface area (Å²) >= 11 is 0. The number of nitrogens with zero attached hydrogens (tertiary/aromatic N) is 1. The summed E-state index contributed by atoms with van der Waals surface area (Å²) in [6.45, 7) is 8.69. The molecule has 0 aliphatic carbocycles. The highest BCUT2D eigenvalue weighted by Gasteiger charge is 2.29. The first-order chi connectivity index (χ1) is 14.7. The van der Waals surface area contributed by atoms with Gasteiger partial charge in [0.15, 0.2) is 0 Å². The summed E-state index contributed by atoms with van der Waals surface area (Å²) in [4.78, 5) is 27.1. The Morgan fingerprint density at radius 1 is 1.13 bits per heavy atom. The summed E-state index contributed by atoms with van der Waals surface area (Å²) in [6.07, 6.45) is 1.89. The van der Waals surface area contributed by atoms with Gasteiger partial charge in [-0.1, -0.05) is 30.3 Å². The molecule has 1 aliphatic rings. The van der Waals surface area contributed by atoms with E-state index in [0.29, 0.717) is 19.5 Å². The summed E-state index contributed by atoms with van der Waals surface area (Å²) in [5, 5.41) is 6.22. The van der Waals surface area contributed by atoms with Crippen LogP contribution in [-0.4, -0.2) is 35.1 Å². The van der Waals surface area contributed by atoms with Gasteiger partial charge >= 0.3 is 6.09 Å². The van der Waals surface area contributed by atoms with E-state index in [1.54, 1.807) is 0 Å². The molecule has 0 saturated carbocycles. The Kier molecular flexibility index (Phi) is 7.21. The van der Waals surface area contributed by atoms with Crippen LogP contribution < -0.4 is 10.6 Å². The SMILES string of the molecule is Cc1ccccc1Nc1cccc(CN2CCCC[C@H](NC(=O)OC(C)(C)C)C2=O)c1. The number of ether oxygens (including phenoxy) is 1. The van der Waals surface area contributed by atoms with E-state index in [9.17, 15) is 9.59 Å². The van der Waals surface area contributed by atoms with Crippen molar-refractivity contribution in [2.75, 3.05) is 11.9 Å². The molecule has 2 aromatic carbocycles. The summed E-state index contributed by atoms with van der Waals surface area (Å²) in [5.41, 5.74) is 3.67. The fraction of sp³-hybridized carbons (Fsp3) is 0.440. The molecule has 6 heteroatoms. The summed E-state index contributed by atoms with van der Waals surface area (Å²) < 4.78 is 5.34. The van der Waals surface area contributed by atoms with E-state index < -0.39 is 17.7 Å². The van der Waals surface area contributed by atoms with Crippen LogP contribution in [0.3, 0.4) is 0 Å². The summed E-state index contributed by atoms with van der Waals surface area (Å²) in [7, 11) is 0. The number of benzene rings is 2. The first-order valence-electron chi connectivity index (χ1n) is 10.9. The van der Waals surface area contributed by atoms with Gasteiger partial charge in [0.25, 0.3) is 0 Å². The molecule has 0 bridgehead atoms. The van der Waals surface area contributed by atoms with Crippen molar-refractivity contribution in [2.24, 2.45) is 0 Å². The first-order valence-corrected chi connectivity index (χ1v) is 10.9. The molecule has 0 radical (unpaired) electrons. The van der Waals surface area contributed by atoms with Gasteiger partial charge in [0.05, 0.1) is 0 Å². The number of hydrogen-bond donors (Lipinski definition) is 2.